The van der Waals surface area contributed by atoms with E-state index in [9.17, 15) is 9.59 Å². The molecule has 126 valence electrons. The topological polar surface area (TPSA) is 64.6 Å². The van der Waals surface area contributed by atoms with Gasteiger partial charge in [-0.3, -0.25) is 4.79 Å². The first-order valence-corrected chi connectivity index (χ1v) is 8.22. The van der Waals surface area contributed by atoms with Crippen molar-refractivity contribution in [1.29, 1.82) is 0 Å². The van der Waals surface area contributed by atoms with E-state index in [0.29, 0.717) is 11.7 Å². The maximum Gasteiger partial charge on any atom is 0.344 e. The number of carbonyl (C=O) groups excluding carboxylic acids is 2. The van der Waals surface area contributed by atoms with E-state index < -0.39 is 5.97 Å². The molecule has 5 heteroatoms. The van der Waals surface area contributed by atoms with Crippen LogP contribution in [-0.2, 0) is 14.3 Å². The van der Waals surface area contributed by atoms with Gasteiger partial charge in [0.15, 0.2) is 13.2 Å². The number of esters is 1. The van der Waals surface area contributed by atoms with Gasteiger partial charge in [0.2, 0.25) is 0 Å². The molecule has 1 fully saturated rings. The first-order chi connectivity index (χ1) is 11.0. The summed E-state index contributed by atoms with van der Waals surface area (Å²) in [6, 6.07) is 7.84. The quantitative estimate of drug-likeness (QED) is 0.785. The Bertz CT molecular complexity index is 518. The molecule has 1 N–H and O–H groups in total. The second-order valence-electron chi connectivity index (χ2n) is 6.22. The van der Waals surface area contributed by atoms with Crippen molar-refractivity contribution in [2.24, 2.45) is 0 Å². The highest BCUT2D eigenvalue weighted by atomic mass is 16.6. The Balaban J connectivity index is 1.65. The lowest BCUT2D eigenvalue weighted by Crippen LogP contribution is -2.36. The number of benzene rings is 1. The number of carbonyl (C=O) groups is 2. The van der Waals surface area contributed by atoms with Crippen molar-refractivity contribution in [1.82, 2.24) is 5.32 Å². The smallest absolute Gasteiger partial charge is 0.344 e. The highest BCUT2D eigenvalue weighted by molar-refractivity contribution is 5.81. The van der Waals surface area contributed by atoms with Gasteiger partial charge in [0, 0.05) is 6.04 Å². The van der Waals surface area contributed by atoms with Crippen molar-refractivity contribution >= 4 is 11.9 Å². The summed E-state index contributed by atoms with van der Waals surface area (Å²) in [4.78, 5) is 23.3. The summed E-state index contributed by atoms with van der Waals surface area (Å²) in [7, 11) is 0. The molecular formula is C18H25NO4. The average molecular weight is 319 g/mol. The molecule has 0 bridgehead atoms. The van der Waals surface area contributed by atoms with E-state index in [1.807, 2.05) is 24.3 Å². The Kier molecular flexibility index (Phi) is 6.44. The standard InChI is InChI=1S/C18H25NO4/c1-13(2)14-7-9-16(10-8-14)22-12-18(21)23-11-17(20)19-15-5-3-4-6-15/h7-10,13,15H,3-6,11-12H2,1-2H3,(H,19,20). The molecule has 0 atom stereocenters. The molecule has 0 aromatic heterocycles. The summed E-state index contributed by atoms with van der Waals surface area (Å²) >= 11 is 0. The van der Waals surface area contributed by atoms with Gasteiger partial charge >= 0.3 is 5.97 Å². The number of nitrogens with one attached hydrogen (secondary N) is 1. The van der Waals surface area contributed by atoms with E-state index in [1.165, 1.54) is 5.56 Å². The highest BCUT2D eigenvalue weighted by Gasteiger charge is 2.17. The minimum atomic E-state index is -0.542. The average Bonchev–Trinajstić information content (AvgIpc) is 3.04. The highest BCUT2D eigenvalue weighted by Crippen LogP contribution is 2.19. The molecule has 1 amide bonds. The van der Waals surface area contributed by atoms with E-state index in [1.54, 1.807) is 0 Å². The molecule has 0 unspecified atom stereocenters. The van der Waals surface area contributed by atoms with Crippen LogP contribution in [0.25, 0.3) is 0 Å². The zero-order chi connectivity index (χ0) is 16.7. The molecule has 1 aromatic carbocycles. The lowest BCUT2D eigenvalue weighted by atomic mass is 10.0. The summed E-state index contributed by atoms with van der Waals surface area (Å²) in [5, 5.41) is 2.87. The zero-order valence-corrected chi connectivity index (χ0v) is 13.8. The molecule has 23 heavy (non-hydrogen) atoms. The van der Waals surface area contributed by atoms with Crippen LogP contribution in [0.3, 0.4) is 0 Å². The van der Waals surface area contributed by atoms with Gasteiger partial charge in [-0.15, -0.1) is 0 Å². The van der Waals surface area contributed by atoms with Crippen LogP contribution in [-0.4, -0.2) is 31.1 Å². The molecular weight excluding hydrogens is 294 g/mol. The van der Waals surface area contributed by atoms with Gasteiger partial charge in [0.05, 0.1) is 0 Å². The fourth-order valence-electron chi connectivity index (χ4n) is 2.62. The molecule has 0 saturated heterocycles. The van der Waals surface area contributed by atoms with E-state index in [0.717, 1.165) is 25.7 Å². The fraction of sp³-hybridized carbons (Fsp3) is 0.556. The number of hydrogen-bond donors (Lipinski definition) is 1. The van der Waals surface area contributed by atoms with Crippen molar-refractivity contribution in [2.75, 3.05) is 13.2 Å². The van der Waals surface area contributed by atoms with Gasteiger partial charge in [-0.25, -0.2) is 4.79 Å². The molecule has 1 aromatic rings. The van der Waals surface area contributed by atoms with Crippen molar-refractivity contribution in [3.63, 3.8) is 0 Å². The SMILES string of the molecule is CC(C)c1ccc(OCC(=O)OCC(=O)NC2CCCC2)cc1. The van der Waals surface area contributed by atoms with Crippen LogP contribution in [0.4, 0.5) is 0 Å². The third-order valence-electron chi connectivity index (χ3n) is 3.99. The Labute approximate surface area is 137 Å². The van der Waals surface area contributed by atoms with E-state index in [-0.39, 0.29) is 25.2 Å². The lowest BCUT2D eigenvalue weighted by molar-refractivity contribution is -0.150. The monoisotopic (exact) mass is 319 g/mol. The Morgan fingerprint density at radius 2 is 1.78 bits per heavy atom. The summed E-state index contributed by atoms with van der Waals surface area (Å²) in [5.74, 6) is 0.278. The van der Waals surface area contributed by atoms with Crippen LogP contribution in [0, 0.1) is 0 Å². The van der Waals surface area contributed by atoms with Gasteiger partial charge in [0.1, 0.15) is 5.75 Å². The van der Waals surface area contributed by atoms with Crippen LogP contribution in [0.2, 0.25) is 0 Å². The molecule has 2 rings (SSSR count). The van der Waals surface area contributed by atoms with Gasteiger partial charge in [-0.2, -0.15) is 0 Å². The minimum Gasteiger partial charge on any atom is -0.482 e. The summed E-state index contributed by atoms with van der Waals surface area (Å²) in [6.07, 6.45) is 4.31. The Morgan fingerprint density at radius 3 is 2.39 bits per heavy atom. The number of rotatable bonds is 7. The third kappa shape index (κ3) is 5.93. The van der Waals surface area contributed by atoms with Gasteiger partial charge < -0.3 is 14.8 Å². The molecule has 0 aliphatic heterocycles. The maximum absolute atomic E-state index is 11.6. The fourth-order valence-corrected chi connectivity index (χ4v) is 2.62. The third-order valence-corrected chi connectivity index (χ3v) is 3.99. The molecule has 0 heterocycles. The van der Waals surface area contributed by atoms with E-state index >= 15 is 0 Å². The predicted octanol–water partition coefficient (Wildman–Crippen LogP) is 2.79. The summed E-state index contributed by atoms with van der Waals surface area (Å²) in [5.41, 5.74) is 1.21. The number of ether oxygens (including phenoxy) is 2. The zero-order valence-electron chi connectivity index (χ0n) is 13.8. The van der Waals surface area contributed by atoms with Crippen LogP contribution in [0.15, 0.2) is 24.3 Å². The predicted molar refractivity (Wildman–Crippen MR) is 87.4 cm³/mol. The molecule has 1 aliphatic carbocycles. The van der Waals surface area contributed by atoms with Crippen LogP contribution in [0.5, 0.6) is 5.75 Å². The van der Waals surface area contributed by atoms with Crippen LogP contribution in [0.1, 0.15) is 51.0 Å². The second kappa shape index (κ2) is 8.56. The first-order valence-electron chi connectivity index (χ1n) is 8.22. The lowest BCUT2D eigenvalue weighted by Gasteiger charge is -2.12. The second-order valence-corrected chi connectivity index (χ2v) is 6.22. The Hall–Kier alpha value is -2.04. The minimum absolute atomic E-state index is 0.197. The van der Waals surface area contributed by atoms with Crippen molar-refractivity contribution in [2.45, 2.75) is 51.5 Å². The van der Waals surface area contributed by atoms with Crippen LogP contribution >= 0.6 is 0 Å². The number of amides is 1. The van der Waals surface area contributed by atoms with E-state index in [4.69, 9.17) is 9.47 Å². The largest absolute Gasteiger partial charge is 0.482 e. The van der Waals surface area contributed by atoms with Crippen molar-refractivity contribution < 1.29 is 19.1 Å². The van der Waals surface area contributed by atoms with Crippen molar-refractivity contribution in [3.05, 3.63) is 29.8 Å². The van der Waals surface area contributed by atoms with Crippen molar-refractivity contribution in [3.8, 4) is 5.75 Å². The first kappa shape index (κ1) is 17.3. The summed E-state index contributed by atoms with van der Waals surface area (Å²) in [6.45, 7) is 3.79. The van der Waals surface area contributed by atoms with Gasteiger partial charge in [-0.05, 0) is 36.5 Å². The molecule has 0 radical (unpaired) electrons. The maximum atomic E-state index is 11.6. The normalized spacial score (nSPS) is 14.7. The molecule has 1 aliphatic rings. The van der Waals surface area contributed by atoms with Gasteiger partial charge in [0.25, 0.3) is 5.91 Å². The molecule has 1 saturated carbocycles. The van der Waals surface area contributed by atoms with Crippen LogP contribution < -0.4 is 10.1 Å². The number of hydrogen-bond acceptors (Lipinski definition) is 4. The van der Waals surface area contributed by atoms with E-state index in [2.05, 4.69) is 19.2 Å². The molecule has 0 spiro atoms. The molecule has 5 nitrogen and oxygen atoms in total. The summed E-state index contributed by atoms with van der Waals surface area (Å²) < 4.78 is 10.3. The van der Waals surface area contributed by atoms with Gasteiger partial charge in [-0.1, -0.05) is 38.8 Å². The Morgan fingerprint density at radius 1 is 1.13 bits per heavy atom.